The van der Waals surface area contributed by atoms with Gasteiger partial charge >= 0.3 is 5.91 Å². The smallest absolute Gasteiger partial charge is 0.343 e. The van der Waals surface area contributed by atoms with Crippen LogP contribution in [0.3, 0.4) is 0 Å². The second-order valence-corrected chi connectivity index (χ2v) is 9.95. The van der Waals surface area contributed by atoms with E-state index in [0.29, 0.717) is 29.4 Å². The number of carbonyl (C=O) groups is 1. The van der Waals surface area contributed by atoms with Gasteiger partial charge in [0.25, 0.3) is 0 Å². The molecule has 0 saturated carbocycles. The van der Waals surface area contributed by atoms with E-state index in [9.17, 15) is 0 Å². The van der Waals surface area contributed by atoms with Crippen molar-refractivity contribution in [2.75, 3.05) is 13.4 Å². The second-order valence-electron chi connectivity index (χ2n) is 9.95. The lowest BCUT2D eigenvalue weighted by Gasteiger charge is -2.33. The van der Waals surface area contributed by atoms with Gasteiger partial charge in [0.05, 0.1) is 0 Å². The topological polar surface area (TPSA) is 44.8 Å². The summed E-state index contributed by atoms with van der Waals surface area (Å²) in [5.41, 5.74) is 5.57. The van der Waals surface area contributed by atoms with Crippen LogP contribution in [0.4, 0.5) is 11.4 Å². The monoisotopic (exact) mass is 488 g/mol. The van der Waals surface area contributed by atoms with E-state index < -0.39 is 5.41 Å². The molecule has 5 heteroatoms. The molecular formula is C32H26NO4+. The number of aryl methyl sites for hydroxylation is 1. The van der Waals surface area contributed by atoms with E-state index >= 15 is 4.79 Å². The summed E-state index contributed by atoms with van der Waals surface area (Å²) in [5.74, 6) is 2.00. The maximum atomic E-state index is 15.2. The number of rotatable bonds is 4. The molecular weight excluding hydrogens is 462 g/mol. The van der Waals surface area contributed by atoms with Crippen LogP contribution in [-0.4, -0.2) is 19.3 Å². The molecule has 5 nitrogen and oxygen atoms in total. The summed E-state index contributed by atoms with van der Waals surface area (Å²) in [7, 11) is 0. The Labute approximate surface area is 216 Å². The second kappa shape index (κ2) is 7.95. The molecule has 0 bridgehead atoms. The lowest BCUT2D eigenvalue weighted by Crippen LogP contribution is -2.53. The van der Waals surface area contributed by atoms with Crippen LogP contribution < -0.4 is 18.7 Å². The van der Waals surface area contributed by atoms with Crippen LogP contribution in [0.2, 0.25) is 0 Å². The first kappa shape index (κ1) is 22.1. The first-order valence-corrected chi connectivity index (χ1v) is 12.6. The van der Waals surface area contributed by atoms with Gasteiger partial charge < -0.3 is 14.2 Å². The van der Waals surface area contributed by atoms with Gasteiger partial charge in [0.1, 0.15) is 24.6 Å². The number of fused-ring (bicyclic) bond motifs is 5. The first-order chi connectivity index (χ1) is 18.1. The average molecular weight is 489 g/mol. The maximum absolute atomic E-state index is 15.2. The Balaban J connectivity index is 1.50. The summed E-state index contributed by atoms with van der Waals surface area (Å²) in [4.78, 5) is 15.2. The zero-order chi connectivity index (χ0) is 25.2. The van der Waals surface area contributed by atoms with Gasteiger partial charge in [0, 0.05) is 41.0 Å². The lowest BCUT2D eigenvalue weighted by atomic mass is 9.77. The molecule has 4 aromatic rings. The third-order valence-electron chi connectivity index (χ3n) is 8.02. The van der Waals surface area contributed by atoms with Gasteiger partial charge in [-0.1, -0.05) is 55.5 Å². The Morgan fingerprint density at radius 2 is 1.59 bits per heavy atom. The molecule has 2 atom stereocenters. The predicted molar refractivity (Wildman–Crippen MR) is 141 cm³/mol. The minimum absolute atomic E-state index is 0.0425. The van der Waals surface area contributed by atoms with Crippen molar-refractivity contribution in [1.82, 2.24) is 4.48 Å². The van der Waals surface area contributed by atoms with E-state index in [1.165, 1.54) is 5.56 Å². The highest BCUT2D eigenvalue weighted by Gasteiger charge is 2.67. The van der Waals surface area contributed by atoms with Crippen LogP contribution in [0.5, 0.6) is 17.2 Å². The molecule has 0 aromatic heterocycles. The van der Waals surface area contributed by atoms with E-state index in [4.69, 9.17) is 21.1 Å². The summed E-state index contributed by atoms with van der Waals surface area (Å²) in [6.07, 6.45) is 0.929. The average Bonchev–Trinajstić information content (AvgIpc) is 3.59. The molecule has 3 aliphatic rings. The fourth-order valence-corrected chi connectivity index (χ4v) is 6.21. The van der Waals surface area contributed by atoms with Crippen LogP contribution in [-0.2, 0) is 23.2 Å². The molecule has 182 valence electrons. The molecule has 4 aromatic carbocycles. The molecule has 1 amide bonds. The van der Waals surface area contributed by atoms with Crippen molar-refractivity contribution in [3.05, 3.63) is 120 Å². The van der Waals surface area contributed by atoms with Gasteiger partial charge in [-0.3, -0.25) is 0 Å². The number of ether oxygens (including phenoxy) is 3. The SMILES string of the molecule is [CH]c1cccc(C[N+]2(c3ccc(CC)cc3)C(=O)C3(COc4cc5c(cc43)OCO5)c3ccccc32)c1. The number of amides is 1. The molecule has 2 radical (unpaired) electrons. The zero-order valence-electron chi connectivity index (χ0n) is 20.6. The molecule has 0 aliphatic carbocycles. The summed E-state index contributed by atoms with van der Waals surface area (Å²) in [6.45, 7) is 9.14. The van der Waals surface area contributed by atoms with Crippen molar-refractivity contribution in [1.29, 1.82) is 0 Å². The number of benzene rings is 4. The Morgan fingerprint density at radius 1 is 0.811 bits per heavy atom. The van der Waals surface area contributed by atoms with E-state index in [0.717, 1.165) is 34.5 Å². The van der Waals surface area contributed by atoms with E-state index in [1.807, 2.05) is 48.5 Å². The highest BCUT2D eigenvalue weighted by atomic mass is 16.7. The third kappa shape index (κ3) is 2.98. The summed E-state index contributed by atoms with van der Waals surface area (Å²) in [5, 5.41) is 0. The Bertz CT molecular complexity index is 1560. The van der Waals surface area contributed by atoms with E-state index in [1.54, 1.807) is 0 Å². The maximum Gasteiger partial charge on any atom is 0.343 e. The van der Waals surface area contributed by atoms with Crippen molar-refractivity contribution in [3.63, 3.8) is 0 Å². The van der Waals surface area contributed by atoms with Gasteiger partial charge in [-0.25, -0.2) is 4.79 Å². The van der Waals surface area contributed by atoms with Crippen LogP contribution in [0.1, 0.15) is 34.7 Å². The number of nitrogens with zero attached hydrogens (tertiary/aromatic N) is 1. The minimum atomic E-state index is -0.976. The minimum Gasteiger partial charge on any atom is -0.491 e. The summed E-state index contributed by atoms with van der Waals surface area (Å²) in [6, 6.07) is 28.2. The number of hydrogen-bond acceptors (Lipinski definition) is 4. The highest BCUT2D eigenvalue weighted by molar-refractivity contribution is 6.11. The number of para-hydroxylation sites is 1. The molecule has 7 rings (SSSR count). The van der Waals surface area contributed by atoms with E-state index in [-0.39, 0.29) is 23.8 Å². The predicted octanol–water partition coefficient (Wildman–Crippen LogP) is 6.09. The standard InChI is InChI=1S/C32H26NO4/c1-3-22-11-13-24(14-12-22)33(18-23-8-6-7-21(2)15-23)27-10-5-4-9-25(27)32(31(33)34)19-35-28-17-30-29(16-26(28)32)36-20-37-30/h2,4-17H,3,18-20H2,1H3/q+1. The third-order valence-corrected chi connectivity index (χ3v) is 8.02. The molecule has 37 heavy (non-hydrogen) atoms. The zero-order valence-corrected chi connectivity index (χ0v) is 20.6. The Morgan fingerprint density at radius 3 is 2.38 bits per heavy atom. The largest absolute Gasteiger partial charge is 0.491 e. The summed E-state index contributed by atoms with van der Waals surface area (Å²) >= 11 is 0. The number of carbonyl (C=O) groups excluding carboxylic acids is 1. The van der Waals surface area contributed by atoms with Gasteiger partial charge in [0.2, 0.25) is 6.79 Å². The Kier molecular flexibility index (Phi) is 4.76. The van der Waals surface area contributed by atoms with Crippen molar-refractivity contribution >= 4 is 17.3 Å². The quantitative estimate of drug-likeness (QED) is 0.326. The Hall–Kier alpha value is -4.09. The van der Waals surface area contributed by atoms with Crippen molar-refractivity contribution in [2.24, 2.45) is 0 Å². The molecule has 0 fully saturated rings. The van der Waals surface area contributed by atoms with Crippen molar-refractivity contribution < 1.29 is 19.0 Å². The van der Waals surface area contributed by atoms with E-state index in [2.05, 4.69) is 43.3 Å². The molecule has 3 heterocycles. The summed E-state index contributed by atoms with van der Waals surface area (Å²) < 4.78 is 17.6. The molecule has 0 saturated heterocycles. The fraction of sp³-hybridized carbons (Fsp3) is 0.188. The normalized spacial score (nSPS) is 22.7. The van der Waals surface area contributed by atoms with Gasteiger partial charge in [-0.15, -0.1) is 0 Å². The van der Waals surface area contributed by atoms with Crippen LogP contribution in [0.15, 0.2) is 84.9 Å². The van der Waals surface area contributed by atoms with Crippen LogP contribution in [0.25, 0.3) is 0 Å². The first-order valence-electron chi connectivity index (χ1n) is 12.6. The van der Waals surface area contributed by atoms with Gasteiger partial charge in [0.15, 0.2) is 22.6 Å². The van der Waals surface area contributed by atoms with Crippen molar-refractivity contribution in [3.8, 4) is 17.2 Å². The molecule has 2 unspecified atom stereocenters. The molecule has 3 aliphatic heterocycles. The number of quaternary nitrogens is 1. The van der Waals surface area contributed by atoms with Crippen LogP contribution in [0, 0.1) is 6.92 Å². The number of hydrogen-bond donors (Lipinski definition) is 0. The van der Waals surface area contributed by atoms with Crippen molar-refractivity contribution in [2.45, 2.75) is 25.3 Å². The van der Waals surface area contributed by atoms with Gasteiger partial charge in [-0.05, 0) is 36.6 Å². The van der Waals surface area contributed by atoms with Gasteiger partial charge in [-0.2, -0.15) is 4.48 Å². The lowest BCUT2D eigenvalue weighted by molar-refractivity contribution is -0.131. The molecule has 0 N–H and O–H groups in total. The van der Waals surface area contributed by atoms with Crippen LogP contribution >= 0.6 is 0 Å². The highest BCUT2D eigenvalue weighted by Crippen LogP contribution is 2.60. The molecule has 1 spiro atoms. The fourth-order valence-electron chi connectivity index (χ4n) is 6.21.